The van der Waals surface area contributed by atoms with Gasteiger partial charge in [0.25, 0.3) is 0 Å². The summed E-state index contributed by atoms with van der Waals surface area (Å²) in [4.78, 5) is 8.61. The molecule has 1 aromatic rings. The third-order valence-corrected chi connectivity index (χ3v) is 3.13. The van der Waals surface area contributed by atoms with E-state index < -0.39 is 0 Å². The van der Waals surface area contributed by atoms with Gasteiger partial charge in [0, 0.05) is 45.1 Å². The smallest absolute Gasteiger partial charge is 0.153 e. The van der Waals surface area contributed by atoms with Gasteiger partial charge in [-0.05, 0) is 17.7 Å². The molecule has 1 aliphatic heterocycles. The van der Waals surface area contributed by atoms with E-state index in [1.165, 1.54) is 5.56 Å². The molecule has 0 spiro atoms. The highest BCUT2D eigenvalue weighted by Gasteiger charge is 2.17. The van der Waals surface area contributed by atoms with Crippen molar-refractivity contribution in [3.8, 4) is 0 Å². The van der Waals surface area contributed by atoms with E-state index in [9.17, 15) is 0 Å². The summed E-state index contributed by atoms with van der Waals surface area (Å²) in [6.07, 6.45) is 3.65. The highest BCUT2D eigenvalue weighted by Crippen LogP contribution is 2.07. The van der Waals surface area contributed by atoms with Crippen LogP contribution < -0.4 is 5.73 Å². The van der Waals surface area contributed by atoms with E-state index in [4.69, 9.17) is 10.9 Å². The number of amidine groups is 1. The highest BCUT2D eigenvalue weighted by atomic mass is 16.4. The third-order valence-electron chi connectivity index (χ3n) is 3.13. The molecule has 6 heteroatoms. The maximum absolute atomic E-state index is 8.53. The van der Waals surface area contributed by atoms with Crippen molar-refractivity contribution in [1.82, 2.24) is 14.8 Å². The van der Waals surface area contributed by atoms with Crippen molar-refractivity contribution < 1.29 is 5.21 Å². The molecule has 0 amide bonds. The van der Waals surface area contributed by atoms with Gasteiger partial charge in [0.05, 0.1) is 6.54 Å². The molecule has 0 aliphatic carbocycles. The Hall–Kier alpha value is -1.66. The number of nitrogens with zero attached hydrogens (tertiary/aromatic N) is 4. The molecule has 3 N–H and O–H groups in total. The standard InChI is InChI=1S/C12H19N5O/c13-12(15-18)10-17-7-5-16(6-8-17)9-11-1-3-14-4-2-11/h1-4,18H,5-10H2,(H2,13,15). The molecule has 0 aromatic carbocycles. The summed E-state index contributed by atoms with van der Waals surface area (Å²) in [7, 11) is 0. The molecule has 2 heterocycles. The molecule has 2 rings (SSSR count). The average molecular weight is 249 g/mol. The number of oxime groups is 1. The Bertz CT molecular complexity index is 387. The van der Waals surface area contributed by atoms with Crippen LogP contribution in [0.2, 0.25) is 0 Å². The van der Waals surface area contributed by atoms with Gasteiger partial charge in [-0.15, -0.1) is 0 Å². The zero-order valence-electron chi connectivity index (χ0n) is 10.4. The highest BCUT2D eigenvalue weighted by molar-refractivity contribution is 5.81. The summed E-state index contributed by atoms with van der Waals surface area (Å²) in [6.45, 7) is 5.39. The largest absolute Gasteiger partial charge is 0.409 e. The summed E-state index contributed by atoms with van der Waals surface area (Å²) < 4.78 is 0. The van der Waals surface area contributed by atoms with Crippen molar-refractivity contribution in [2.24, 2.45) is 10.9 Å². The van der Waals surface area contributed by atoms with Crippen LogP contribution in [0.1, 0.15) is 5.56 Å². The Kier molecular flexibility index (Phi) is 4.49. The molecule has 0 atom stereocenters. The number of hydrogen-bond acceptors (Lipinski definition) is 5. The maximum atomic E-state index is 8.53. The van der Waals surface area contributed by atoms with Crippen molar-refractivity contribution in [2.45, 2.75) is 6.54 Å². The summed E-state index contributed by atoms with van der Waals surface area (Å²) in [5.74, 6) is 0.276. The molecule has 98 valence electrons. The zero-order valence-corrected chi connectivity index (χ0v) is 10.4. The zero-order chi connectivity index (χ0) is 12.8. The van der Waals surface area contributed by atoms with Crippen molar-refractivity contribution in [3.63, 3.8) is 0 Å². The van der Waals surface area contributed by atoms with Gasteiger partial charge >= 0.3 is 0 Å². The van der Waals surface area contributed by atoms with Gasteiger partial charge in [-0.25, -0.2) is 0 Å². The van der Waals surface area contributed by atoms with Gasteiger partial charge in [-0.3, -0.25) is 14.8 Å². The summed E-state index contributed by atoms with van der Waals surface area (Å²) in [5.41, 5.74) is 6.79. The molecule has 0 bridgehead atoms. The fraction of sp³-hybridized carbons (Fsp3) is 0.500. The van der Waals surface area contributed by atoms with Crippen LogP contribution in [0.25, 0.3) is 0 Å². The fourth-order valence-corrected chi connectivity index (χ4v) is 2.11. The second-order valence-electron chi connectivity index (χ2n) is 4.50. The lowest BCUT2D eigenvalue weighted by Crippen LogP contribution is -2.48. The first-order valence-corrected chi connectivity index (χ1v) is 6.08. The first-order valence-electron chi connectivity index (χ1n) is 6.08. The minimum Gasteiger partial charge on any atom is -0.409 e. The molecule has 0 saturated carbocycles. The van der Waals surface area contributed by atoms with Crippen LogP contribution in [0.5, 0.6) is 0 Å². The Morgan fingerprint density at radius 3 is 2.44 bits per heavy atom. The van der Waals surface area contributed by atoms with E-state index in [2.05, 4.69) is 19.9 Å². The predicted molar refractivity (Wildman–Crippen MR) is 69.4 cm³/mol. The minimum atomic E-state index is 0.276. The SMILES string of the molecule is NC(CN1CCN(Cc2ccncc2)CC1)=NO. The quantitative estimate of drug-likeness (QED) is 0.338. The summed E-state index contributed by atoms with van der Waals surface area (Å²) >= 11 is 0. The Balaban J connectivity index is 1.77. The van der Waals surface area contributed by atoms with Crippen LogP contribution in [-0.4, -0.2) is 58.6 Å². The van der Waals surface area contributed by atoms with Crippen LogP contribution in [-0.2, 0) is 6.54 Å². The van der Waals surface area contributed by atoms with Crippen LogP contribution in [0.15, 0.2) is 29.7 Å². The molecule has 1 aromatic heterocycles. The van der Waals surface area contributed by atoms with E-state index in [1.807, 2.05) is 24.5 Å². The normalized spacial score (nSPS) is 19.0. The second kappa shape index (κ2) is 6.32. The van der Waals surface area contributed by atoms with Gasteiger partial charge in [-0.2, -0.15) is 0 Å². The van der Waals surface area contributed by atoms with Gasteiger partial charge in [0.1, 0.15) is 0 Å². The van der Waals surface area contributed by atoms with E-state index in [1.54, 1.807) is 0 Å². The van der Waals surface area contributed by atoms with Gasteiger partial charge in [0.2, 0.25) is 0 Å². The summed E-state index contributed by atoms with van der Waals surface area (Å²) in [5, 5.41) is 11.5. The Morgan fingerprint density at radius 1 is 1.22 bits per heavy atom. The molecule has 6 nitrogen and oxygen atoms in total. The lowest BCUT2D eigenvalue weighted by atomic mass is 10.2. The van der Waals surface area contributed by atoms with Crippen LogP contribution in [0.4, 0.5) is 0 Å². The van der Waals surface area contributed by atoms with Crippen molar-refractivity contribution in [2.75, 3.05) is 32.7 Å². The fourth-order valence-electron chi connectivity index (χ4n) is 2.11. The number of nitrogens with two attached hydrogens (primary N) is 1. The minimum absolute atomic E-state index is 0.276. The molecular formula is C12H19N5O. The van der Waals surface area contributed by atoms with Crippen molar-refractivity contribution in [1.29, 1.82) is 0 Å². The average Bonchev–Trinajstić information content (AvgIpc) is 2.42. The second-order valence-corrected chi connectivity index (χ2v) is 4.50. The number of hydrogen-bond donors (Lipinski definition) is 2. The molecule has 18 heavy (non-hydrogen) atoms. The monoisotopic (exact) mass is 249 g/mol. The summed E-state index contributed by atoms with van der Waals surface area (Å²) in [6, 6.07) is 4.09. The van der Waals surface area contributed by atoms with Crippen LogP contribution in [0, 0.1) is 0 Å². The lowest BCUT2D eigenvalue weighted by molar-refractivity contribution is 0.139. The number of aromatic nitrogens is 1. The maximum Gasteiger partial charge on any atom is 0.153 e. The molecule has 0 radical (unpaired) electrons. The number of pyridine rings is 1. The van der Waals surface area contributed by atoms with Gasteiger partial charge in [-0.1, -0.05) is 5.16 Å². The lowest BCUT2D eigenvalue weighted by Gasteiger charge is -2.34. The third kappa shape index (κ3) is 3.68. The van der Waals surface area contributed by atoms with E-state index in [0.717, 1.165) is 32.7 Å². The first-order chi connectivity index (χ1) is 8.78. The molecule has 1 saturated heterocycles. The topological polar surface area (TPSA) is 78.0 Å². The van der Waals surface area contributed by atoms with Crippen LogP contribution in [0.3, 0.4) is 0 Å². The predicted octanol–water partition coefficient (Wildman–Crippen LogP) is -0.0544. The Morgan fingerprint density at radius 2 is 1.83 bits per heavy atom. The molecule has 0 unspecified atom stereocenters. The van der Waals surface area contributed by atoms with Gasteiger partial charge < -0.3 is 10.9 Å². The molecular weight excluding hydrogens is 230 g/mol. The number of piperazine rings is 1. The van der Waals surface area contributed by atoms with E-state index in [0.29, 0.717) is 6.54 Å². The van der Waals surface area contributed by atoms with Gasteiger partial charge in [0.15, 0.2) is 5.84 Å². The first kappa shape index (κ1) is 12.8. The van der Waals surface area contributed by atoms with E-state index >= 15 is 0 Å². The van der Waals surface area contributed by atoms with Crippen LogP contribution >= 0.6 is 0 Å². The van der Waals surface area contributed by atoms with E-state index in [-0.39, 0.29) is 5.84 Å². The molecule has 1 fully saturated rings. The molecule has 1 aliphatic rings. The number of rotatable bonds is 4. The van der Waals surface area contributed by atoms with Crippen molar-refractivity contribution >= 4 is 5.84 Å². The Labute approximate surface area is 107 Å². The van der Waals surface area contributed by atoms with Crippen molar-refractivity contribution in [3.05, 3.63) is 30.1 Å².